The van der Waals surface area contributed by atoms with Crippen LogP contribution in [0.15, 0.2) is 122 Å². The molecule has 0 spiro atoms. The van der Waals surface area contributed by atoms with E-state index in [-0.39, 0.29) is 19.3 Å². The van der Waals surface area contributed by atoms with Crippen molar-refractivity contribution in [1.82, 2.24) is 0 Å². The fourth-order valence-corrected chi connectivity index (χ4v) is 11.8. The lowest BCUT2D eigenvalue weighted by Gasteiger charge is -2.21. The average molecular weight is 1430 g/mol. The summed E-state index contributed by atoms with van der Waals surface area (Å²) in [7, 11) is -9.79. The van der Waals surface area contributed by atoms with Gasteiger partial charge in [-0.05, 0) is 128 Å². The van der Waals surface area contributed by atoms with Gasteiger partial charge in [0.25, 0.3) is 0 Å². The maximum Gasteiger partial charge on any atom is 0.472 e. The summed E-state index contributed by atoms with van der Waals surface area (Å²) < 4.78 is 61.0. The number of unbranched alkanes of at least 4 members (excludes halogenated alkanes) is 30. The SMILES string of the molecule is CC/C=C\C/C=C\C/C=C\C/C=C\C/C=C\C/C=C\CCCCCCCCCCCCCCCCCCC(=O)OCC(O)COP(=O)(O)OCC(O)COP(=O)(O)OCC(COC(=O)CCCCCCC/C=C\C/C=C\CCCCC)OC(=O)CCCCCCC/C=C\C/C=C\CCC. The molecular formula is C81H140O16P2. The van der Waals surface area contributed by atoms with Gasteiger partial charge in [-0.2, -0.15) is 0 Å². The molecule has 0 aliphatic carbocycles. The summed E-state index contributed by atoms with van der Waals surface area (Å²) in [6.45, 7) is 2.44. The van der Waals surface area contributed by atoms with Crippen LogP contribution in [-0.2, 0) is 55.8 Å². The number of carbonyl (C=O) groups excluding carboxylic acids is 3. The van der Waals surface area contributed by atoms with Crippen molar-refractivity contribution in [3.63, 3.8) is 0 Å². The number of aliphatic hydroxyl groups is 2. The molecule has 0 saturated heterocycles. The highest BCUT2D eigenvalue weighted by Gasteiger charge is 2.29. The summed E-state index contributed by atoms with van der Waals surface area (Å²) in [6.07, 6.45) is 87.0. The first-order valence-corrected chi connectivity index (χ1v) is 41.8. The largest absolute Gasteiger partial charge is 0.472 e. The zero-order valence-corrected chi connectivity index (χ0v) is 63.9. The number of esters is 3. The maximum absolute atomic E-state index is 12.9. The van der Waals surface area contributed by atoms with Crippen LogP contribution >= 0.6 is 15.6 Å². The number of aliphatic hydroxyl groups excluding tert-OH is 2. The first-order valence-electron chi connectivity index (χ1n) is 38.8. The molecule has 18 heteroatoms. The molecule has 0 fully saturated rings. The summed E-state index contributed by atoms with van der Waals surface area (Å²) >= 11 is 0. The van der Waals surface area contributed by atoms with Crippen LogP contribution < -0.4 is 0 Å². The van der Waals surface area contributed by atoms with Crippen molar-refractivity contribution in [3.05, 3.63) is 122 Å². The summed E-state index contributed by atoms with van der Waals surface area (Å²) in [5.74, 6) is -1.60. The monoisotopic (exact) mass is 1430 g/mol. The molecule has 0 aliphatic heterocycles. The predicted molar refractivity (Wildman–Crippen MR) is 408 cm³/mol. The molecule has 5 unspecified atom stereocenters. The number of rotatable bonds is 73. The Morgan fingerprint density at radius 2 is 0.556 bits per heavy atom. The fraction of sp³-hybridized carbons (Fsp3) is 0.716. The van der Waals surface area contributed by atoms with E-state index in [2.05, 4.69) is 142 Å². The molecule has 0 aromatic heterocycles. The molecule has 0 rings (SSSR count). The van der Waals surface area contributed by atoms with Crippen LogP contribution in [0.2, 0.25) is 0 Å². The van der Waals surface area contributed by atoms with Crippen LogP contribution in [0, 0.1) is 0 Å². The Kier molecular flexibility index (Phi) is 70.7. The molecule has 0 amide bonds. The molecule has 0 saturated carbocycles. The number of phosphoric acid groups is 2. The minimum absolute atomic E-state index is 0.0849. The van der Waals surface area contributed by atoms with Crippen LogP contribution in [0.25, 0.3) is 0 Å². The third kappa shape index (κ3) is 74.9. The minimum atomic E-state index is -4.93. The van der Waals surface area contributed by atoms with Gasteiger partial charge in [0.15, 0.2) is 6.10 Å². The van der Waals surface area contributed by atoms with Crippen LogP contribution in [-0.4, -0.2) is 95.9 Å². The lowest BCUT2D eigenvalue weighted by atomic mass is 10.0. The van der Waals surface area contributed by atoms with Crippen LogP contribution in [0.3, 0.4) is 0 Å². The number of hydrogen-bond acceptors (Lipinski definition) is 14. The van der Waals surface area contributed by atoms with Crippen LogP contribution in [0.4, 0.5) is 0 Å². The molecule has 16 nitrogen and oxygen atoms in total. The summed E-state index contributed by atoms with van der Waals surface area (Å²) in [6, 6.07) is 0. The summed E-state index contributed by atoms with van der Waals surface area (Å²) in [4.78, 5) is 58.4. The second-order valence-electron chi connectivity index (χ2n) is 25.8. The number of carbonyl (C=O) groups is 3. The third-order valence-electron chi connectivity index (χ3n) is 16.1. The maximum atomic E-state index is 12.9. The lowest BCUT2D eigenvalue weighted by molar-refractivity contribution is -0.161. The van der Waals surface area contributed by atoms with Gasteiger partial charge in [0.05, 0.1) is 26.4 Å². The van der Waals surface area contributed by atoms with E-state index in [9.17, 15) is 43.5 Å². The number of phosphoric ester groups is 2. The highest BCUT2D eigenvalue weighted by Crippen LogP contribution is 2.45. The quantitative estimate of drug-likeness (QED) is 0.0146. The topological polar surface area (TPSA) is 231 Å². The van der Waals surface area contributed by atoms with Crippen molar-refractivity contribution < 1.29 is 75.8 Å². The highest BCUT2D eigenvalue weighted by molar-refractivity contribution is 7.47. The molecule has 99 heavy (non-hydrogen) atoms. The van der Waals surface area contributed by atoms with Gasteiger partial charge in [-0.25, -0.2) is 9.13 Å². The van der Waals surface area contributed by atoms with Crippen molar-refractivity contribution >= 4 is 33.6 Å². The summed E-state index contributed by atoms with van der Waals surface area (Å²) in [5.41, 5.74) is 0. The molecule has 570 valence electrons. The molecule has 0 aromatic rings. The molecule has 0 aliphatic rings. The van der Waals surface area contributed by atoms with Crippen LogP contribution in [0.5, 0.6) is 0 Å². The zero-order chi connectivity index (χ0) is 72.3. The first-order chi connectivity index (χ1) is 48.2. The first kappa shape index (κ1) is 94.9. The van der Waals surface area contributed by atoms with E-state index >= 15 is 0 Å². The molecule has 0 bridgehead atoms. The van der Waals surface area contributed by atoms with Gasteiger partial charge in [-0.15, -0.1) is 0 Å². The van der Waals surface area contributed by atoms with E-state index in [1.165, 1.54) is 103 Å². The molecule has 0 radical (unpaired) electrons. The second kappa shape index (κ2) is 73.7. The Hall–Kier alpha value is -4.05. The lowest BCUT2D eigenvalue weighted by Crippen LogP contribution is -2.30. The molecular weight excluding hydrogens is 1290 g/mol. The van der Waals surface area contributed by atoms with Crippen molar-refractivity contribution in [1.29, 1.82) is 0 Å². The minimum Gasteiger partial charge on any atom is -0.463 e. The van der Waals surface area contributed by atoms with Crippen molar-refractivity contribution in [2.24, 2.45) is 0 Å². The number of ether oxygens (including phenoxy) is 3. The van der Waals surface area contributed by atoms with Crippen molar-refractivity contribution in [3.8, 4) is 0 Å². The zero-order valence-electron chi connectivity index (χ0n) is 62.1. The van der Waals surface area contributed by atoms with Gasteiger partial charge in [0.2, 0.25) is 0 Å². The van der Waals surface area contributed by atoms with E-state index in [0.717, 1.165) is 154 Å². The van der Waals surface area contributed by atoms with Crippen molar-refractivity contribution in [2.45, 2.75) is 334 Å². The van der Waals surface area contributed by atoms with E-state index in [4.69, 9.17) is 32.3 Å². The normalized spacial score (nSPS) is 14.7. The Balaban J connectivity index is 4.34. The summed E-state index contributed by atoms with van der Waals surface area (Å²) in [5, 5.41) is 20.6. The second-order valence-corrected chi connectivity index (χ2v) is 28.7. The van der Waals surface area contributed by atoms with E-state index < -0.39 is 91.5 Å². The molecule has 0 heterocycles. The Morgan fingerprint density at radius 1 is 0.293 bits per heavy atom. The predicted octanol–water partition coefficient (Wildman–Crippen LogP) is 22.5. The fourth-order valence-electron chi connectivity index (χ4n) is 10.2. The van der Waals surface area contributed by atoms with Gasteiger partial charge in [-0.1, -0.05) is 290 Å². The van der Waals surface area contributed by atoms with E-state index in [0.29, 0.717) is 19.3 Å². The number of hydrogen-bond donors (Lipinski definition) is 4. The molecule has 4 N–H and O–H groups in total. The Bertz CT molecular complexity index is 2290. The van der Waals surface area contributed by atoms with Gasteiger partial charge in [0.1, 0.15) is 25.4 Å². The Labute approximate surface area is 602 Å². The van der Waals surface area contributed by atoms with Crippen LogP contribution in [0.1, 0.15) is 316 Å². The molecule has 0 aromatic carbocycles. The Morgan fingerprint density at radius 3 is 0.889 bits per heavy atom. The van der Waals surface area contributed by atoms with Gasteiger partial charge < -0.3 is 34.2 Å². The highest BCUT2D eigenvalue weighted by atomic mass is 31.2. The van der Waals surface area contributed by atoms with Gasteiger partial charge in [-0.3, -0.25) is 32.5 Å². The standard InChI is InChI=1S/C81H140O16P2/c1-4-7-10-13-16-19-22-25-27-28-29-30-31-32-33-34-35-36-37-38-39-40-41-42-43-44-45-46-48-51-52-55-58-61-64-67-79(84)91-70-76(82)71-93-98(87,88)94-72-77(83)73-95-99(89,90)96-75-78(97-81(86)69-66-63-60-57-54-49-24-21-18-15-12-9-6-3)74-92-80(85)68-65-62-59-56-53-50-47-26-23-20-17-14-11-8-5-2/h7,10,12,15-17,19-21,24-27,29-30,32-33,35-36,47,76-78,82-83H,4-6,8-9,11,13-14,18,22-23,28,31,34,37-46,48-75H2,1-3H3,(H,87,88)(H,89,90)/b10-7-,15-12-,19-16-,20-17-,24-21-,27-25-,30-29-,33-32-,36-35-,47-26-. The van der Waals surface area contributed by atoms with E-state index in [1.807, 2.05) is 0 Å². The smallest absolute Gasteiger partial charge is 0.463 e. The molecule has 5 atom stereocenters. The van der Waals surface area contributed by atoms with Gasteiger partial charge >= 0.3 is 33.6 Å². The average Bonchev–Trinajstić information content (AvgIpc) is 1.09. The van der Waals surface area contributed by atoms with E-state index in [1.54, 1.807) is 0 Å². The van der Waals surface area contributed by atoms with Gasteiger partial charge in [0, 0.05) is 19.3 Å². The van der Waals surface area contributed by atoms with Crippen molar-refractivity contribution in [2.75, 3.05) is 39.6 Å². The third-order valence-corrected chi connectivity index (χ3v) is 18.0. The number of allylic oxidation sites excluding steroid dienone is 20.